The quantitative estimate of drug-likeness (QED) is 0.661. The van der Waals surface area contributed by atoms with Gasteiger partial charge in [0.1, 0.15) is 5.69 Å². The van der Waals surface area contributed by atoms with Crippen LogP contribution in [0.4, 0.5) is 0 Å². The number of hydrogen-bond acceptors (Lipinski definition) is 5. The van der Waals surface area contributed by atoms with Gasteiger partial charge in [-0.2, -0.15) is 0 Å². The van der Waals surface area contributed by atoms with Crippen molar-refractivity contribution >= 4 is 17.0 Å². The molecule has 1 amide bonds. The SMILES string of the molecule is CC(CNC(=O)c1cc(C2CC2)nc2onc(-c3ccccc3)c12)N(C)C1CC1. The van der Waals surface area contributed by atoms with Crippen LogP contribution in [0.25, 0.3) is 22.4 Å². The first-order chi connectivity index (χ1) is 14.1. The average molecular weight is 390 g/mol. The Kier molecular flexibility index (Phi) is 4.59. The summed E-state index contributed by atoms with van der Waals surface area (Å²) in [6, 6.07) is 12.7. The molecule has 2 aliphatic carbocycles. The molecule has 6 nitrogen and oxygen atoms in total. The van der Waals surface area contributed by atoms with Crippen molar-refractivity contribution in [3.05, 3.63) is 47.7 Å². The summed E-state index contributed by atoms with van der Waals surface area (Å²) in [5, 5.41) is 8.09. The van der Waals surface area contributed by atoms with E-state index < -0.39 is 0 Å². The predicted molar refractivity (Wildman–Crippen MR) is 112 cm³/mol. The van der Waals surface area contributed by atoms with Crippen LogP contribution >= 0.6 is 0 Å². The Bertz CT molecular complexity index is 1040. The zero-order valence-corrected chi connectivity index (χ0v) is 16.9. The van der Waals surface area contributed by atoms with E-state index in [1.54, 1.807) is 0 Å². The van der Waals surface area contributed by atoms with Gasteiger partial charge in [0.15, 0.2) is 0 Å². The molecule has 29 heavy (non-hydrogen) atoms. The lowest BCUT2D eigenvalue weighted by Crippen LogP contribution is -2.41. The minimum atomic E-state index is -0.0873. The number of likely N-dealkylation sites (N-methyl/N-ethyl adjacent to an activating group) is 1. The van der Waals surface area contributed by atoms with Crippen molar-refractivity contribution in [2.45, 2.75) is 50.6 Å². The van der Waals surface area contributed by atoms with Crippen molar-refractivity contribution in [2.24, 2.45) is 0 Å². The fourth-order valence-electron chi connectivity index (χ4n) is 3.85. The summed E-state index contributed by atoms with van der Waals surface area (Å²) < 4.78 is 5.57. The summed E-state index contributed by atoms with van der Waals surface area (Å²) in [6.07, 6.45) is 4.74. The highest BCUT2D eigenvalue weighted by Gasteiger charge is 2.31. The number of aromatic nitrogens is 2. The van der Waals surface area contributed by atoms with Gasteiger partial charge in [-0.1, -0.05) is 35.5 Å². The highest BCUT2D eigenvalue weighted by molar-refractivity contribution is 6.09. The highest BCUT2D eigenvalue weighted by atomic mass is 16.5. The Morgan fingerprint density at radius 2 is 2.00 bits per heavy atom. The Balaban J connectivity index is 1.48. The van der Waals surface area contributed by atoms with E-state index in [2.05, 4.69) is 34.3 Å². The summed E-state index contributed by atoms with van der Waals surface area (Å²) >= 11 is 0. The molecule has 0 radical (unpaired) electrons. The van der Waals surface area contributed by atoms with Crippen molar-refractivity contribution in [1.82, 2.24) is 20.4 Å². The van der Waals surface area contributed by atoms with Gasteiger partial charge in [0.25, 0.3) is 11.6 Å². The second kappa shape index (κ2) is 7.26. The molecule has 1 aromatic carbocycles. The number of nitrogens with one attached hydrogen (secondary N) is 1. The Morgan fingerprint density at radius 1 is 1.24 bits per heavy atom. The fraction of sp³-hybridized carbons (Fsp3) is 0.435. The molecule has 0 saturated heterocycles. The first kappa shape index (κ1) is 18.3. The van der Waals surface area contributed by atoms with Crippen LogP contribution in [-0.4, -0.2) is 46.6 Å². The summed E-state index contributed by atoms with van der Waals surface area (Å²) in [4.78, 5) is 20.2. The first-order valence-corrected chi connectivity index (χ1v) is 10.5. The van der Waals surface area contributed by atoms with E-state index in [1.807, 2.05) is 36.4 Å². The number of carbonyl (C=O) groups excluding carboxylic acids is 1. The van der Waals surface area contributed by atoms with Gasteiger partial charge in [0, 0.05) is 35.8 Å². The number of rotatable bonds is 7. The minimum Gasteiger partial charge on any atom is -0.350 e. The van der Waals surface area contributed by atoms with E-state index in [9.17, 15) is 4.79 Å². The topological polar surface area (TPSA) is 71.3 Å². The van der Waals surface area contributed by atoms with Crippen molar-refractivity contribution in [2.75, 3.05) is 13.6 Å². The summed E-state index contributed by atoms with van der Waals surface area (Å²) in [5.74, 6) is 0.340. The largest absolute Gasteiger partial charge is 0.350 e. The second-order valence-corrected chi connectivity index (χ2v) is 8.40. The molecule has 2 fully saturated rings. The van der Waals surface area contributed by atoms with Crippen molar-refractivity contribution in [1.29, 1.82) is 0 Å². The van der Waals surface area contributed by atoms with Crippen molar-refractivity contribution in [3.8, 4) is 11.3 Å². The molecule has 0 aliphatic heterocycles. The maximum atomic E-state index is 13.2. The third kappa shape index (κ3) is 3.65. The zero-order chi connectivity index (χ0) is 20.0. The number of fused-ring (bicyclic) bond motifs is 1. The summed E-state index contributed by atoms with van der Waals surface area (Å²) in [5.41, 5.74) is 3.58. The van der Waals surface area contributed by atoms with Crippen LogP contribution in [0, 0.1) is 0 Å². The highest BCUT2D eigenvalue weighted by Crippen LogP contribution is 2.41. The molecule has 2 saturated carbocycles. The molecule has 6 heteroatoms. The Labute approximate surface area is 170 Å². The Morgan fingerprint density at radius 3 is 2.69 bits per heavy atom. The van der Waals surface area contributed by atoms with Gasteiger partial charge >= 0.3 is 0 Å². The molecule has 150 valence electrons. The molecule has 0 spiro atoms. The van der Waals surface area contributed by atoms with Crippen LogP contribution in [0.5, 0.6) is 0 Å². The van der Waals surface area contributed by atoms with Gasteiger partial charge in [0.05, 0.1) is 10.9 Å². The summed E-state index contributed by atoms with van der Waals surface area (Å²) in [7, 11) is 2.14. The molecule has 1 N–H and O–H groups in total. The van der Waals surface area contributed by atoms with E-state index in [0.29, 0.717) is 46.9 Å². The zero-order valence-electron chi connectivity index (χ0n) is 16.9. The smallest absolute Gasteiger partial charge is 0.259 e. The molecular weight excluding hydrogens is 364 g/mol. The third-order valence-electron chi connectivity index (χ3n) is 6.13. The second-order valence-electron chi connectivity index (χ2n) is 8.40. The number of amides is 1. The molecule has 1 atom stereocenters. The van der Waals surface area contributed by atoms with Gasteiger partial charge in [-0.25, -0.2) is 4.98 Å². The molecule has 0 bridgehead atoms. The molecule has 2 heterocycles. The van der Waals surface area contributed by atoms with E-state index >= 15 is 0 Å². The molecule has 2 aliphatic rings. The van der Waals surface area contributed by atoms with Crippen LogP contribution in [0.2, 0.25) is 0 Å². The average Bonchev–Trinajstić information content (AvgIpc) is 3.67. The minimum absolute atomic E-state index is 0.0873. The van der Waals surface area contributed by atoms with Gasteiger partial charge in [-0.15, -0.1) is 0 Å². The van der Waals surface area contributed by atoms with Crippen molar-refractivity contribution < 1.29 is 9.32 Å². The molecular formula is C23H26N4O2. The lowest BCUT2D eigenvalue weighted by Gasteiger charge is -2.24. The molecule has 5 rings (SSSR count). The molecule has 2 aromatic heterocycles. The lowest BCUT2D eigenvalue weighted by atomic mass is 10.0. The van der Waals surface area contributed by atoms with Gasteiger partial charge in [0.2, 0.25) is 0 Å². The maximum absolute atomic E-state index is 13.2. The number of carbonyl (C=O) groups is 1. The standard InChI is InChI=1S/C23H26N4O2/c1-14(27(2)17-10-11-17)13-24-22(28)18-12-19(15-8-9-15)25-23-20(18)21(26-29-23)16-6-4-3-5-7-16/h3-7,12,14-15,17H,8-11,13H2,1-2H3,(H,24,28). The van der Waals surface area contributed by atoms with Gasteiger partial charge < -0.3 is 9.84 Å². The summed E-state index contributed by atoms with van der Waals surface area (Å²) in [6.45, 7) is 2.77. The van der Waals surface area contributed by atoms with Gasteiger partial charge in [-0.05, 0) is 45.7 Å². The van der Waals surface area contributed by atoms with Crippen LogP contribution in [0.3, 0.4) is 0 Å². The van der Waals surface area contributed by atoms with E-state index in [-0.39, 0.29) is 5.91 Å². The first-order valence-electron chi connectivity index (χ1n) is 10.5. The van der Waals surface area contributed by atoms with Crippen LogP contribution in [0.15, 0.2) is 40.9 Å². The fourth-order valence-corrected chi connectivity index (χ4v) is 3.85. The van der Waals surface area contributed by atoms with Crippen LogP contribution < -0.4 is 5.32 Å². The van der Waals surface area contributed by atoms with Crippen LogP contribution in [-0.2, 0) is 0 Å². The Hall–Kier alpha value is -2.73. The number of nitrogens with zero attached hydrogens (tertiary/aromatic N) is 3. The third-order valence-corrected chi connectivity index (χ3v) is 6.13. The molecule has 3 aromatic rings. The number of benzene rings is 1. The van der Waals surface area contributed by atoms with E-state index in [0.717, 1.165) is 24.1 Å². The van der Waals surface area contributed by atoms with Crippen LogP contribution in [0.1, 0.15) is 54.6 Å². The van der Waals surface area contributed by atoms with Gasteiger partial charge in [-0.3, -0.25) is 9.69 Å². The monoisotopic (exact) mass is 390 g/mol. The number of hydrogen-bond donors (Lipinski definition) is 1. The lowest BCUT2D eigenvalue weighted by molar-refractivity contribution is 0.0941. The van der Waals surface area contributed by atoms with Crippen molar-refractivity contribution in [3.63, 3.8) is 0 Å². The number of pyridine rings is 1. The normalized spacial score (nSPS) is 17.6. The molecule has 1 unspecified atom stereocenters. The predicted octanol–water partition coefficient (Wildman–Crippen LogP) is 3.98. The van der Waals surface area contributed by atoms with E-state index in [4.69, 9.17) is 4.52 Å². The maximum Gasteiger partial charge on any atom is 0.259 e. The van der Waals surface area contributed by atoms with E-state index in [1.165, 1.54) is 12.8 Å².